The molecule has 0 aliphatic rings. The van der Waals surface area contributed by atoms with Crippen molar-refractivity contribution in [2.45, 2.75) is 57.4 Å². The first kappa shape index (κ1) is 61.9. The molecule has 0 saturated heterocycles. The lowest BCUT2D eigenvalue weighted by molar-refractivity contribution is -0.132. The van der Waals surface area contributed by atoms with E-state index in [-0.39, 0.29) is 17.1 Å². The Hall–Kier alpha value is -10.8. The van der Waals surface area contributed by atoms with Crippen molar-refractivity contribution in [2.24, 2.45) is 17.2 Å². The smallest absolute Gasteiger partial charge is 0.249 e. The molecule has 0 spiro atoms. The van der Waals surface area contributed by atoms with E-state index in [4.69, 9.17) is 41.9 Å². The number of benzene rings is 5. The number of rotatable bonds is 18. The van der Waals surface area contributed by atoms with Crippen LogP contribution >= 0.6 is 0 Å². The van der Waals surface area contributed by atoms with Crippen LogP contribution in [0.3, 0.4) is 0 Å². The van der Waals surface area contributed by atoms with Crippen LogP contribution in [0.4, 0.5) is 0 Å². The maximum absolute atomic E-state index is 11.1. The second kappa shape index (κ2) is 28.8. The maximum atomic E-state index is 11.1. The van der Waals surface area contributed by atoms with Crippen LogP contribution in [0.1, 0.15) is 63.2 Å². The Kier molecular flexibility index (Phi) is 21.0. The number of amides is 3. The molecule has 6 atom stereocenters. The van der Waals surface area contributed by atoms with Gasteiger partial charge >= 0.3 is 0 Å². The zero-order valence-corrected chi connectivity index (χ0v) is 45.8. The SMILES string of the molecule is Cc1cc(Oc2ccc(-c3cccc([C@@H](O)[C@H](O)C(N)=O)n3)cc2)ccc1C#N.Cc1cc(Oc2ccc(-c3cccc([C@H](O)[C@@H](O)C(N)=O)n3)cc2)ccc1C#N.Cc1ccc(Oc2ccc(-c3cccc([C@H](O)[C@@H](O)C(N)=O)n3)cc2)nc1. The maximum Gasteiger partial charge on any atom is 0.249 e. The van der Waals surface area contributed by atoms with Gasteiger partial charge < -0.3 is 62.1 Å². The van der Waals surface area contributed by atoms with Crippen molar-refractivity contribution in [1.82, 2.24) is 19.9 Å². The van der Waals surface area contributed by atoms with Gasteiger partial charge in [-0.1, -0.05) is 24.3 Å². The van der Waals surface area contributed by atoms with E-state index < -0.39 is 54.3 Å². The van der Waals surface area contributed by atoms with Gasteiger partial charge in [-0.15, -0.1) is 0 Å². The molecule has 4 aromatic heterocycles. The van der Waals surface area contributed by atoms with E-state index in [0.29, 0.717) is 62.8 Å². The molecule has 0 radical (unpaired) electrons. The van der Waals surface area contributed by atoms with Gasteiger partial charge in [-0.05, 0) is 183 Å². The number of pyridine rings is 4. The van der Waals surface area contributed by atoms with Gasteiger partial charge in [0.1, 0.15) is 47.1 Å². The topological polar surface area (TPSA) is 377 Å². The van der Waals surface area contributed by atoms with Crippen molar-refractivity contribution in [3.63, 3.8) is 0 Å². The Morgan fingerprint density at radius 1 is 0.424 bits per heavy atom. The van der Waals surface area contributed by atoms with Gasteiger partial charge in [0, 0.05) is 29.0 Å². The fourth-order valence-electron chi connectivity index (χ4n) is 7.92. The van der Waals surface area contributed by atoms with Gasteiger partial charge in [0.25, 0.3) is 0 Å². The lowest BCUT2D eigenvalue weighted by Crippen LogP contribution is -2.34. The fourth-order valence-corrected chi connectivity index (χ4v) is 7.92. The van der Waals surface area contributed by atoms with E-state index in [1.807, 2.05) is 39.0 Å². The highest BCUT2D eigenvalue weighted by atomic mass is 16.5. The van der Waals surface area contributed by atoms with Crippen molar-refractivity contribution in [3.8, 4) is 80.5 Å². The Balaban J connectivity index is 0.000000183. The Morgan fingerprint density at radius 3 is 1.02 bits per heavy atom. The summed E-state index contributed by atoms with van der Waals surface area (Å²) in [6, 6.07) is 54.6. The summed E-state index contributed by atoms with van der Waals surface area (Å²) in [5.41, 5.74) is 23.4. The number of hydrogen-bond acceptors (Lipinski definition) is 18. The molecule has 85 heavy (non-hydrogen) atoms. The number of carbonyl (C=O) groups excluding carboxylic acids is 3. The van der Waals surface area contributed by atoms with Crippen LogP contribution in [0.15, 0.2) is 182 Å². The number of primary amides is 3. The molecule has 21 nitrogen and oxygen atoms in total. The molecule has 0 bridgehead atoms. The Bertz CT molecular complexity index is 3700. The summed E-state index contributed by atoms with van der Waals surface area (Å²) in [5, 5.41) is 77.0. The normalized spacial score (nSPS) is 12.7. The number of hydrogen-bond donors (Lipinski definition) is 9. The Labute approximate surface area is 487 Å². The molecule has 21 heteroatoms. The fraction of sp³-hybridized carbons (Fsp3) is 0.141. The van der Waals surface area contributed by atoms with E-state index in [1.54, 1.807) is 146 Å². The third-order valence-corrected chi connectivity index (χ3v) is 12.7. The second-order valence-electron chi connectivity index (χ2n) is 18.9. The van der Waals surface area contributed by atoms with Gasteiger partial charge in [-0.3, -0.25) is 14.4 Å². The van der Waals surface area contributed by atoms with Crippen LogP contribution in [-0.2, 0) is 14.4 Å². The summed E-state index contributed by atoms with van der Waals surface area (Å²) in [6.45, 7) is 5.64. The largest absolute Gasteiger partial charge is 0.457 e. The zero-order valence-electron chi connectivity index (χ0n) is 45.8. The molecule has 0 saturated carbocycles. The number of nitrogens with two attached hydrogens (primary N) is 3. The van der Waals surface area contributed by atoms with Crippen molar-refractivity contribution >= 4 is 17.7 Å². The molecule has 9 rings (SSSR count). The molecule has 0 aliphatic heterocycles. The minimum Gasteiger partial charge on any atom is -0.457 e. The summed E-state index contributed by atoms with van der Waals surface area (Å²) < 4.78 is 17.3. The molecule has 5 aromatic carbocycles. The molecule has 9 aromatic rings. The average molecular weight is 1140 g/mol. The van der Waals surface area contributed by atoms with Crippen molar-refractivity contribution < 1.29 is 59.2 Å². The molecule has 0 aliphatic carbocycles. The van der Waals surface area contributed by atoms with Crippen LogP contribution in [0.25, 0.3) is 33.8 Å². The van der Waals surface area contributed by atoms with E-state index in [9.17, 15) is 45.0 Å². The third-order valence-electron chi connectivity index (χ3n) is 12.7. The average Bonchev–Trinajstić information content (AvgIpc) is 3.58. The van der Waals surface area contributed by atoms with Crippen LogP contribution < -0.4 is 31.4 Å². The number of ether oxygens (including phenoxy) is 3. The molecular weight excluding hydrogens is 1090 g/mol. The number of aryl methyl sites for hydroxylation is 3. The monoisotopic (exact) mass is 1140 g/mol. The zero-order chi connectivity index (χ0) is 61.3. The first-order valence-electron chi connectivity index (χ1n) is 25.9. The summed E-state index contributed by atoms with van der Waals surface area (Å²) >= 11 is 0. The van der Waals surface area contributed by atoms with Crippen LogP contribution in [-0.4, -0.2) is 86.6 Å². The summed E-state index contributed by atoms with van der Waals surface area (Å²) in [4.78, 5) is 50.3. The quantitative estimate of drug-likeness (QED) is 0.0406. The van der Waals surface area contributed by atoms with Gasteiger partial charge in [0.15, 0.2) is 18.3 Å². The number of aromatic nitrogens is 4. The van der Waals surface area contributed by atoms with Crippen LogP contribution in [0.5, 0.6) is 34.6 Å². The predicted molar refractivity (Wildman–Crippen MR) is 310 cm³/mol. The van der Waals surface area contributed by atoms with Crippen LogP contribution in [0.2, 0.25) is 0 Å². The Morgan fingerprint density at radius 2 is 0.741 bits per heavy atom. The molecule has 430 valence electrons. The van der Waals surface area contributed by atoms with Crippen LogP contribution in [0, 0.1) is 43.4 Å². The highest BCUT2D eigenvalue weighted by Gasteiger charge is 2.27. The van der Waals surface area contributed by atoms with Crippen molar-refractivity contribution in [2.75, 3.05) is 0 Å². The summed E-state index contributed by atoms with van der Waals surface area (Å²) in [5.74, 6) is 0.522. The standard InChI is InChI=1S/2C22H19N3O4.C20H19N3O4/c2*1-13-11-17(10-7-15(13)12-23)29-16-8-5-14(6-9-16)18-3-2-4-19(25-18)20(26)21(27)22(24)28;1-12-5-10-17(22-11-12)27-14-8-6-13(7-9-14)15-3-2-4-16(23-15)18(24)19(25)20(21)26/h2*2-11,20-21,26-27H,1H3,(H2,24,28);2-11,18-19,24-25H,1H3,(H2,21,26)/t2*20-,21+;18-,19+/m100/s1. The number of aliphatic hydroxyl groups excluding tert-OH is 6. The van der Waals surface area contributed by atoms with E-state index in [1.165, 1.54) is 18.2 Å². The number of aliphatic hydroxyl groups is 6. The second-order valence-corrected chi connectivity index (χ2v) is 18.9. The van der Waals surface area contributed by atoms with Gasteiger partial charge in [-0.2, -0.15) is 10.5 Å². The molecule has 0 fully saturated rings. The van der Waals surface area contributed by atoms with E-state index in [0.717, 1.165) is 33.4 Å². The predicted octanol–water partition coefficient (Wildman–Crippen LogP) is 7.33. The summed E-state index contributed by atoms with van der Waals surface area (Å²) in [7, 11) is 0. The number of nitrogens with zero attached hydrogens (tertiary/aromatic N) is 6. The minimum absolute atomic E-state index is 0.141. The van der Waals surface area contributed by atoms with Crippen molar-refractivity contribution in [3.05, 3.63) is 227 Å². The molecule has 12 N–H and O–H groups in total. The summed E-state index contributed by atoms with van der Waals surface area (Å²) in [6.07, 6.45) is -7.95. The first-order chi connectivity index (χ1) is 40.7. The van der Waals surface area contributed by atoms with E-state index >= 15 is 0 Å². The highest BCUT2D eigenvalue weighted by molar-refractivity contribution is 5.80. The minimum atomic E-state index is -1.73. The number of carbonyl (C=O) groups is 3. The number of nitriles is 2. The highest BCUT2D eigenvalue weighted by Crippen LogP contribution is 2.31. The molecule has 4 heterocycles. The van der Waals surface area contributed by atoms with Gasteiger partial charge in [-0.25, -0.2) is 19.9 Å². The lowest BCUT2D eigenvalue weighted by atomic mass is 10.1. The molecular formula is C64H57N9O12. The van der Waals surface area contributed by atoms with Gasteiger partial charge in [0.2, 0.25) is 23.6 Å². The lowest BCUT2D eigenvalue weighted by Gasteiger charge is -2.15. The third kappa shape index (κ3) is 16.7. The molecule has 3 amide bonds. The van der Waals surface area contributed by atoms with E-state index in [2.05, 4.69) is 32.1 Å². The van der Waals surface area contributed by atoms with Crippen molar-refractivity contribution in [1.29, 1.82) is 10.5 Å². The first-order valence-corrected chi connectivity index (χ1v) is 25.9. The molecule has 0 unspecified atom stereocenters. The van der Waals surface area contributed by atoms with Gasteiger partial charge in [0.05, 0.1) is 57.4 Å².